The molecule has 3 heterocycles. The summed E-state index contributed by atoms with van der Waals surface area (Å²) in [7, 11) is 0. The van der Waals surface area contributed by atoms with Crippen molar-refractivity contribution in [2.75, 3.05) is 19.7 Å². The summed E-state index contributed by atoms with van der Waals surface area (Å²) >= 11 is 0. The number of aromatic nitrogens is 4. The van der Waals surface area contributed by atoms with E-state index in [1.165, 1.54) is 0 Å². The van der Waals surface area contributed by atoms with Crippen LogP contribution in [0.4, 0.5) is 0 Å². The van der Waals surface area contributed by atoms with Crippen molar-refractivity contribution in [3.8, 4) is 0 Å². The van der Waals surface area contributed by atoms with Crippen LogP contribution in [0.1, 0.15) is 60.8 Å². The number of H-pyrrole nitrogens is 1. The van der Waals surface area contributed by atoms with Gasteiger partial charge in [0.25, 0.3) is 5.91 Å². The minimum absolute atomic E-state index is 0.113. The zero-order chi connectivity index (χ0) is 16.4. The van der Waals surface area contributed by atoms with Gasteiger partial charge in [-0.3, -0.25) is 9.89 Å². The van der Waals surface area contributed by atoms with Gasteiger partial charge in [0.05, 0.1) is 13.2 Å². The Labute approximate surface area is 134 Å². The molecule has 124 valence electrons. The smallest absolute Gasteiger partial charge is 0.274 e. The van der Waals surface area contributed by atoms with E-state index in [9.17, 15) is 4.79 Å². The Bertz CT molecular complexity index is 678. The second-order valence-electron chi connectivity index (χ2n) is 5.88. The summed E-state index contributed by atoms with van der Waals surface area (Å²) < 4.78 is 11.3. The third-order valence-corrected chi connectivity index (χ3v) is 3.81. The summed E-state index contributed by atoms with van der Waals surface area (Å²) in [5.41, 5.74) is 1.37. The molecule has 8 heteroatoms. The molecular weight excluding hydrogens is 298 g/mol. The van der Waals surface area contributed by atoms with Crippen LogP contribution in [-0.2, 0) is 11.2 Å². The van der Waals surface area contributed by atoms with E-state index >= 15 is 0 Å². The van der Waals surface area contributed by atoms with Gasteiger partial charge in [-0.25, -0.2) is 0 Å². The first-order valence-electron chi connectivity index (χ1n) is 7.87. The molecule has 1 atom stereocenters. The molecule has 1 aliphatic heterocycles. The minimum atomic E-state index is -0.391. The number of nitrogens with one attached hydrogen (secondary N) is 1. The molecule has 1 N–H and O–H groups in total. The van der Waals surface area contributed by atoms with Crippen molar-refractivity contribution >= 4 is 5.91 Å². The maximum absolute atomic E-state index is 12.5. The number of carbonyl (C=O) groups is 1. The van der Waals surface area contributed by atoms with Gasteiger partial charge in [-0.15, -0.1) is 10.2 Å². The number of hydrogen-bond acceptors (Lipinski definition) is 6. The lowest BCUT2D eigenvalue weighted by Crippen LogP contribution is -2.42. The van der Waals surface area contributed by atoms with Crippen molar-refractivity contribution in [2.45, 2.75) is 39.2 Å². The molecule has 1 amide bonds. The molecule has 0 aromatic carbocycles. The van der Waals surface area contributed by atoms with Crippen LogP contribution >= 0.6 is 0 Å². The fraction of sp³-hybridized carbons (Fsp3) is 0.600. The van der Waals surface area contributed by atoms with Gasteiger partial charge >= 0.3 is 0 Å². The predicted octanol–water partition coefficient (Wildman–Crippen LogP) is 1.69. The topological polar surface area (TPSA) is 97.1 Å². The summed E-state index contributed by atoms with van der Waals surface area (Å²) in [6, 6.07) is 1.79. The van der Waals surface area contributed by atoms with Gasteiger partial charge in [0, 0.05) is 18.2 Å². The zero-order valence-electron chi connectivity index (χ0n) is 13.6. The molecular formula is C15H21N5O3. The molecule has 0 bridgehead atoms. The van der Waals surface area contributed by atoms with Crippen LogP contribution in [-0.4, -0.2) is 50.9 Å². The maximum atomic E-state index is 12.5. The average molecular weight is 319 g/mol. The van der Waals surface area contributed by atoms with E-state index in [4.69, 9.17) is 9.15 Å². The molecule has 2 aromatic rings. The van der Waals surface area contributed by atoms with Crippen molar-refractivity contribution in [1.82, 2.24) is 25.3 Å². The lowest BCUT2D eigenvalue weighted by molar-refractivity contribution is -0.0352. The van der Waals surface area contributed by atoms with Crippen molar-refractivity contribution < 1.29 is 13.9 Å². The number of aryl methyl sites for hydroxylation is 1. The summed E-state index contributed by atoms with van der Waals surface area (Å²) in [5.74, 6) is 1.04. The monoisotopic (exact) mass is 319 g/mol. The van der Waals surface area contributed by atoms with Crippen LogP contribution in [0.3, 0.4) is 0 Å². The highest BCUT2D eigenvalue weighted by Gasteiger charge is 2.30. The van der Waals surface area contributed by atoms with Crippen LogP contribution in [0.5, 0.6) is 0 Å². The van der Waals surface area contributed by atoms with E-state index in [1.807, 2.05) is 20.8 Å². The highest BCUT2D eigenvalue weighted by Crippen LogP contribution is 2.24. The Morgan fingerprint density at radius 1 is 1.48 bits per heavy atom. The molecule has 0 saturated carbocycles. The van der Waals surface area contributed by atoms with Gasteiger partial charge in [0.15, 0.2) is 6.10 Å². The SMILES string of the molecule is CCc1cc(C(=O)N2CCOC(c3nnc(C(C)C)o3)C2)n[nH]1. The Morgan fingerprint density at radius 2 is 2.30 bits per heavy atom. The number of aromatic amines is 1. The highest BCUT2D eigenvalue weighted by atomic mass is 16.5. The summed E-state index contributed by atoms with van der Waals surface area (Å²) in [4.78, 5) is 14.3. The largest absolute Gasteiger partial charge is 0.422 e. The summed E-state index contributed by atoms with van der Waals surface area (Å²) in [5, 5.41) is 15.0. The van der Waals surface area contributed by atoms with E-state index < -0.39 is 6.10 Å². The molecule has 8 nitrogen and oxygen atoms in total. The van der Waals surface area contributed by atoms with Crippen molar-refractivity contribution in [2.24, 2.45) is 0 Å². The molecule has 0 aliphatic carbocycles. The Balaban J connectivity index is 1.71. The molecule has 2 aromatic heterocycles. The number of carbonyl (C=O) groups excluding carboxylic acids is 1. The van der Waals surface area contributed by atoms with E-state index in [1.54, 1.807) is 11.0 Å². The molecule has 0 spiro atoms. The lowest BCUT2D eigenvalue weighted by Gasteiger charge is -2.30. The summed E-state index contributed by atoms with van der Waals surface area (Å²) in [6.45, 7) is 7.31. The standard InChI is InChI=1S/C15H21N5O3/c1-4-10-7-11(17-16-10)15(21)20-5-6-22-12(8-20)14-19-18-13(23-14)9(2)3/h7,9,12H,4-6,8H2,1-3H3,(H,16,17). The number of hydrogen-bond donors (Lipinski definition) is 1. The van der Waals surface area contributed by atoms with Gasteiger partial charge in [0.2, 0.25) is 11.8 Å². The van der Waals surface area contributed by atoms with Gasteiger partial charge in [0.1, 0.15) is 5.69 Å². The Morgan fingerprint density at radius 3 is 2.96 bits per heavy atom. The van der Waals surface area contributed by atoms with Crippen molar-refractivity contribution in [3.05, 3.63) is 29.2 Å². The predicted molar refractivity (Wildman–Crippen MR) is 80.9 cm³/mol. The first-order chi connectivity index (χ1) is 11.1. The average Bonchev–Trinajstić information content (AvgIpc) is 3.23. The highest BCUT2D eigenvalue weighted by molar-refractivity contribution is 5.92. The van der Waals surface area contributed by atoms with Crippen molar-refractivity contribution in [1.29, 1.82) is 0 Å². The number of amides is 1. The van der Waals surface area contributed by atoms with Crippen LogP contribution in [0.25, 0.3) is 0 Å². The van der Waals surface area contributed by atoms with Crippen molar-refractivity contribution in [3.63, 3.8) is 0 Å². The Kier molecular flexibility index (Phi) is 4.42. The minimum Gasteiger partial charge on any atom is -0.422 e. The van der Waals surface area contributed by atoms with E-state index in [0.29, 0.717) is 37.2 Å². The molecule has 1 saturated heterocycles. The fourth-order valence-electron chi connectivity index (χ4n) is 2.41. The van der Waals surface area contributed by atoms with Gasteiger partial charge < -0.3 is 14.1 Å². The number of nitrogens with zero attached hydrogens (tertiary/aromatic N) is 4. The third kappa shape index (κ3) is 3.26. The normalized spacial score (nSPS) is 18.6. The van der Waals surface area contributed by atoms with Gasteiger partial charge in [-0.2, -0.15) is 5.10 Å². The van der Waals surface area contributed by atoms with Crippen LogP contribution in [0.2, 0.25) is 0 Å². The first kappa shape index (κ1) is 15.7. The van der Waals surface area contributed by atoms with Crippen LogP contribution in [0, 0.1) is 0 Å². The lowest BCUT2D eigenvalue weighted by atomic mass is 10.2. The molecule has 1 unspecified atom stereocenters. The second-order valence-corrected chi connectivity index (χ2v) is 5.88. The van der Waals surface area contributed by atoms with Crippen LogP contribution in [0.15, 0.2) is 10.5 Å². The van der Waals surface area contributed by atoms with E-state index in [0.717, 1.165) is 12.1 Å². The second kappa shape index (κ2) is 6.49. The van der Waals surface area contributed by atoms with Gasteiger partial charge in [-0.1, -0.05) is 20.8 Å². The van der Waals surface area contributed by atoms with E-state index in [-0.39, 0.29) is 11.8 Å². The third-order valence-electron chi connectivity index (χ3n) is 3.81. The fourth-order valence-corrected chi connectivity index (χ4v) is 2.41. The number of ether oxygens (including phenoxy) is 1. The summed E-state index contributed by atoms with van der Waals surface area (Å²) in [6.07, 6.45) is 0.420. The molecule has 1 fully saturated rings. The Hall–Kier alpha value is -2.22. The first-order valence-corrected chi connectivity index (χ1v) is 7.87. The zero-order valence-corrected chi connectivity index (χ0v) is 13.6. The van der Waals surface area contributed by atoms with Crippen LogP contribution < -0.4 is 0 Å². The quantitative estimate of drug-likeness (QED) is 0.921. The molecule has 23 heavy (non-hydrogen) atoms. The van der Waals surface area contributed by atoms with E-state index in [2.05, 4.69) is 20.4 Å². The van der Waals surface area contributed by atoms with Gasteiger partial charge in [-0.05, 0) is 12.5 Å². The number of morpholine rings is 1. The maximum Gasteiger partial charge on any atom is 0.274 e. The molecule has 0 radical (unpaired) electrons. The molecule has 3 rings (SSSR count). The number of rotatable bonds is 4. The molecule has 1 aliphatic rings.